The molecule has 0 aromatic carbocycles. The zero-order chi connectivity index (χ0) is 15.9. The van der Waals surface area contributed by atoms with E-state index in [9.17, 15) is 14.4 Å². The van der Waals surface area contributed by atoms with Gasteiger partial charge < -0.3 is 15.4 Å². The Balaban J connectivity index is 1.75. The number of hydrogen-bond donors (Lipinski definition) is 2. The smallest absolute Gasteiger partial charge is 0.329 e. The van der Waals surface area contributed by atoms with E-state index in [4.69, 9.17) is 4.74 Å². The Labute approximate surface area is 135 Å². The van der Waals surface area contributed by atoms with Gasteiger partial charge in [0.2, 0.25) is 11.8 Å². The van der Waals surface area contributed by atoms with E-state index in [2.05, 4.69) is 10.6 Å². The lowest BCUT2D eigenvalue weighted by molar-refractivity contribution is -0.146. The highest BCUT2D eigenvalue weighted by Crippen LogP contribution is 2.22. The zero-order valence-corrected chi connectivity index (χ0v) is 13.7. The molecular formula is C15H24N2O4S. The lowest BCUT2D eigenvalue weighted by atomic mass is 9.95. The Hall–Kier alpha value is -1.24. The fourth-order valence-electron chi connectivity index (χ4n) is 2.82. The zero-order valence-electron chi connectivity index (χ0n) is 12.9. The normalized spacial score (nSPS) is 26.1. The van der Waals surface area contributed by atoms with E-state index in [0.29, 0.717) is 12.4 Å². The van der Waals surface area contributed by atoms with Gasteiger partial charge in [-0.25, -0.2) is 4.79 Å². The summed E-state index contributed by atoms with van der Waals surface area (Å²) in [6, 6.07) is -0.347. The monoisotopic (exact) mass is 328 g/mol. The Kier molecular flexibility index (Phi) is 6.54. The maximum atomic E-state index is 12.0. The molecule has 1 saturated heterocycles. The van der Waals surface area contributed by atoms with Gasteiger partial charge in [0.05, 0.1) is 11.9 Å². The van der Waals surface area contributed by atoms with Gasteiger partial charge in [0.15, 0.2) is 0 Å². The molecule has 2 rings (SSSR count). The number of carbonyl (C=O) groups excluding carboxylic acids is 3. The highest BCUT2D eigenvalue weighted by Gasteiger charge is 2.34. The summed E-state index contributed by atoms with van der Waals surface area (Å²) in [5, 5.41) is 5.24. The molecule has 0 radical (unpaired) electrons. The highest BCUT2D eigenvalue weighted by atomic mass is 32.2. The quantitative estimate of drug-likeness (QED) is 0.735. The molecule has 2 amide bonds. The summed E-state index contributed by atoms with van der Waals surface area (Å²) < 4.78 is 4.90. The second kappa shape index (κ2) is 8.41. The average molecular weight is 328 g/mol. The Morgan fingerprint density at radius 3 is 2.68 bits per heavy atom. The first-order chi connectivity index (χ1) is 10.6. The number of esters is 1. The number of amides is 2. The standard InChI is InChI=1S/C15H24N2O4S/c1-2-21-15(20)11-9-22-12(14(19)17-11)8-13(18)16-10-6-4-3-5-7-10/h10-12H,2-9H2,1H3,(H,16,18)(H,17,19)/t11-,12+/m1/s1. The maximum Gasteiger partial charge on any atom is 0.329 e. The molecule has 2 N–H and O–H groups in total. The summed E-state index contributed by atoms with van der Waals surface area (Å²) in [7, 11) is 0. The molecule has 0 spiro atoms. The van der Waals surface area contributed by atoms with Crippen LogP contribution in [-0.4, -0.2) is 47.5 Å². The summed E-state index contributed by atoms with van der Waals surface area (Å²) in [6.45, 7) is 2.02. The van der Waals surface area contributed by atoms with Gasteiger partial charge in [-0.05, 0) is 19.8 Å². The van der Waals surface area contributed by atoms with Crippen LogP contribution in [0.25, 0.3) is 0 Å². The fourth-order valence-corrected chi connectivity index (χ4v) is 3.95. The molecule has 0 bridgehead atoms. The van der Waals surface area contributed by atoms with E-state index in [1.165, 1.54) is 18.2 Å². The van der Waals surface area contributed by atoms with Crippen LogP contribution in [0.3, 0.4) is 0 Å². The van der Waals surface area contributed by atoms with Crippen molar-refractivity contribution in [1.82, 2.24) is 10.6 Å². The van der Waals surface area contributed by atoms with E-state index in [1.807, 2.05) is 0 Å². The minimum atomic E-state index is -0.602. The molecule has 1 heterocycles. The van der Waals surface area contributed by atoms with Crippen molar-refractivity contribution in [3.05, 3.63) is 0 Å². The van der Waals surface area contributed by atoms with Gasteiger partial charge in [-0.3, -0.25) is 9.59 Å². The Morgan fingerprint density at radius 1 is 1.32 bits per heavy atom. The van der Waals surface area contributed by atoms with Crippen molar-refractivity contribution in [1.29, 1.82) is 0 Å². The molecule has 0 aromatic heterocycles. The van der Waals surface area contributed by atoms with Crippen LogP contribution in [0.1, 0.15) is 45.4 Å². The third kappa shape index (κ3) is 4.90. The average Bonchev–Trinajstić information content (AvgIpc) is 2.50. The lowest BCUT2D eigenvalue weighted by Crippen LogP contribution is -2.52. The molecule has 7 heteroatoms. The van der Waals surface area contributed by atoms with Crippen molar-refractivity contribution in [3.63, 3.8) is 0 Å². The van der Waals surface area contributed by atoms with Gasteiger partial charge in [-0.15, -0.1) is 11.8 Å². The third-order valence-corrected chi connectivity index (χ3v) is 5.29. The van der Waals surface area contributed by atoms with E-state index in [0.717, 1.165) is 25.7 Å². The second-order valence-electron chi connectivity index (χ2n) is 5.74. The first-order valence-corrected chi connectivity index (χ1v) is 9.03. The number of ether oxygens (including phenoxy) is 1. The third-order valence-electron chi connectivity index (χ3n) is 3.99. The number of nitrogens with one attached hydrogen (secondary N) is 2. The molecule has 2 aliphatic rings. The summed E-state index contributed by atoms with van der Waals surface area (Å²) in [4.78, 5) is 35.7. The van der Waals surface area contributed by atoms with Gasteiger partial charge in [0.25, 0.3) is 0 Å². The van der Waals surface area contributed by atoms with Gasteiger partial charge >= 0.3 is 5.97 Å². The number of thioether (sulfide) groups is 1. The number of hydrogen-bond acceptors (Lipinski definition) is 5. The van der Waals surface area contributed by atoms with Crippen molar-refractivity contribution >= 4 is 29.5 Å². The summed E-state index contributed by atoms with van der Waals surface area (Å²) >= 11 is 1.35. The molecule has 124 valence electrons. The molecule has 2 atom stereocenters. The summed E-state index contributed by atoms with van der Waals surface area (Å²) in [6.07, 6.45) is 5.78. The largest absolute Gasteiger partial charge is 0.464 e. The van der Waals surface area contributed by atoms with Crippen LogP contribution in [0.4, 0.5) is 0 Å². The molecule has 0 unspecified atom stereocenters. The van der Waals surface area contributed by atoms with Crippen molar-refractivity contribution < 1.29 is 19.1 Å². The predicted octanol–water partition coefficient (Wildman–Crippen LogP) is 0.989. The molecule has 0 aromatic rings. The molecule has 1 aliphatic carbocycles. The second-order valence-corrected chi connectivity index (χ2v) is 6.98. The minimum absolute atomic E-state index is 0.0749. The molecular weight excluding hydrogens is 304 g/mol. The molecule has 2 fully saturated rings. The molecule has 6 nitrogen and oxygen atoms in total. The van der Waals surface area contributed by atoms with Crippen LogP contribution in [-0.2, 0) is 19.1 Å². The van der Waals surface area contributed by atoms with Gasteiger partial charge in [0.1, 0.15) is 6.04 Å². The summed E-state index contributed by atoms with van der Waals surface area (Å²) in [5.41, 5.74) is 0. The van der Waals surface area contributed by atoms with Crippen molar-refractivity contribution in [3.8, 4) is 0 Å². The molecule has 1 aliphatic heterocycles. The van der Waals surface area contributed by atoms with Gasteiger partial charge in [-0.1, -0.05) is 19.3 Å². The molecule has 22 heavy (non-hydrogen) atoms. The van der Waals surface area contributed by atoms with E-state index < -0.39 is 17.3 Å². The Morgan fingerprint density at radius 2 is 2.05 bits per heavy atom. The van der Waals surface area contributed by atoms with Crippen LogP contribution in [0, 0.1) is 0 Å². The topological polar surface area (TPSA) is 84.5 Å². The van der Waals surface area contributed by atoms with Crippen LogP contribution >= 0.6 is 11.8 Å². The SMILES string of the molecule is CCOC(=O)[C@H]1CS[C@@H](CC(=O)NC2CCCCC2)C(=O)N1. The molecule has 1 saturated carbocycles. The van der Waals surface area contributed by atoms with Crippen LogP contribution in [0.15, 0.2) is 0 Å². The lowest BCUT2D eigenvalue weighted by Gasteiger charge is -2.28. The van der Waals surface area contributed by atoms with Crippen LogP contribution < -0.4 is 10.6 Å². The first kappa shape index (κ1) is 17.1. The minimum Gasteiger partial charge on any atom is -0.464 e. The highest BCUT2D eigenvalue weighted by molar-refractivity contribution is 8.00. The summed E-state index contributed by atoms with van der Waals surface area (Å²) in [5.74, 6) is -0.290. The van der Waals surface area contributed by atoms with E-state index in [1.54, 1.807) is 6.92 Å². The van der Waals surface area contributed by atoms with E-state index in [-0.39, 0.29) is 24.3 Å². The van der Waals surface area contributed by atoms with Crippen LogP contribution in [0.5, 0.6) is 0 Å². The van der Waals surface area contributed by atoms with E-state index >= 15 is 0 Å². The van der Waals surface area contributed by atoms with Crippen molar-refractivity contribution in [2.75, 3.05) is 12.4 Å². The van der Waals surface area contributed by atoms with Gasteiger partial charge in [0, 0.05) is 18.2 Å². The van der Waals surface area contributed by atoms with Gasteiger partial charge in [-0.2, -0.15) is 0 Å². The predicted molar refractivity (Wildman–Crippen MR) is 84.4 cm³/mol. The fraction of sp³-hybridized carbons (Fsp3) is 0.800. The van der Waals surface area contributed by atoms with Crippen LogP contribution in [0.2, 0.25) is 0 Å². The Bertz CT molecular complexity index is 424. The number of rotatable bonds is 5. The first-order valence-electron chi connectivity index (χ1n) is 7.98. The number of carbonyl (C=O) groups is 3. The maximum absolute atomic E-state index is 12.0. The van der Waals surface area contributed by atoms with Crippen molar-refractivity contribution in [2.24, 2.45) is 0 Å². The van der Waals surface area contributed by atoms with Crippen molar-refractivity contribution in [2.45, 2.75) is 62.8 Å².